The third-order valence-electron chi connectivity index (χ3n) is 11.5. The van der Waals surface area contributed by atoms with Crippen LogP contribution in [0.2, 0.25) is 18.1 Å². The lowest BCUT2D eigenvalue weighted by atomic mass is 9.78. The van der Waals surface area contributed by atoms with Crippen LogP contribution in [0, 0.1) is 23.7 Å². The molecule has 0 saturated carbocycles. The molecule has 3 heterocycles. The molecule has 0 amide bonds. The van der Waals surface area contributed by atoms with Crippen molar-refractivity contribution in [2.75, 3.05) is 13.2 Å². The Labute approximate surface area is 282 Å². The van der Waals surface area contributed by atoms with Gasteiger partial charge in [0.15, 0.2) is 8.32 Å². The van der Waals surface area contributed by atoms with Crippen LogP contribution in [0.1, 0.15) is 85.6 Å². The van der Waals surface area contributed by atoms with Gasteiger partial charge in [-0.1, -0.05) is 97.2 Å². The fourth-order valence-electron chi connectivity index (χ4n) is 7.32. The molecule has 5 nitrogen and oxygen atoms in total. The number of hydrogen-bond acceptors (Lipinski definition) is 5. The zero-order valence-corrected chi connectivity index (χ0v) is 31.2. The Bertz CT molecular complexity index is 1160. The van der Waals surface area contributed by atoms with Crippen molar-refractivity contribution in [2.45, 2.75) is 141 Å². The average molecular weight is 653 g/mol. The zero-order valence-electron chi connectivity index (χ0n) is 30.2. The van der Waals surface area contributed by atoms with E-state index in [1.54, 1.807) is 6.08 Å². The van der Waals surface area contributed by atoms with Crippen molar-refractivity contribution >= 4 is 8.32 Å². The van der Waals surface area contributed by atoms with Gasteiger partial charge in [-0.05, 0) is 90.6 Å². The maximum absolute atomic E-state index is 9.13. The van der Waals surface area contributed by atoms with Crippen molar-refractivity contribution in [3.63, 3.8) is 0 Å². The van der Waals surface area contributed by atoms with Crippen LogP contribution in [0.25, 0.3) is 0 Å². The molecule has 258 valence electrons. The number of ether oxygens (including phenoxy) is 3. The summed E-state index contributed by atoms with van der Waals surface area (Å²) in [5.74, 6) is 1.72. The van der Waals surface area contributed by atoms with Crippen molar-refractivity contribution in [1.82, 2.24) is 0 Å². The summed E-state index contributed by atoms with van der Waals surface area (Å²) < 4.78 is 26.7. The van der Waals surface area contributed by atoms with E-state index in [1.807, 2.05) is 6.08 Å². The van der Waals surface area contributed by atoms with Crippen LogP contribution in [-0.2, 0) is 25.1 Å². The smallest absolute Gasteiger partial charge is 0.191 e. The second-order valence-corrected chi connectivity index (χ2v) is 21.1. The predicted octanol–water partition coefficient (Wildman–Crippen LogP) is 9.08. The molecule has 0 aliphatic carbocycles. The van der Waals surface area contributed by atoms with Gasteiger partial charge in [0.2, 0.25) is 0 Å². The quantitative estimate of drug-likeness (QED) is 0.161. The van der Waals surface area contributed by atoms with Crippen LogP contribution < -0.4 is 0 Å². The lowest BCUT2D eigenvalue weighted by Crippen LogP contribution is -2.42. The molecular formula is C40H64O5Si. The molecule has 10 atom stereocenters. The minimum absolute atomic E-state index is 0.00440. The molecular weight excluding hydrogens is 589 g/mol. The molecule has 0 radical (unpaired) electrons. The summed E-state index contributed by atoms with van der Waals surface area (Å²) in [6.45, 7) is 28.3. The van der Waals surface area contributed by atoms with E-state index in [9.17, 15) is 0 Å². The molecule has 6 heteroatoms. The largest absolute Gasteiger partial charge is 0.417 e. The Balaban J connectivity index is 1.40. The SMILES string of the molecule is C=C1CC(/C=C/CO)OC1CC[C@H]1C[C@@H](C)C(=C)C(C[C@@H]2O[C@H](C[C@H](C)CO[Si](C)(C)C(C)(C)C)[C@H](C)[C@H]2Cc2ccccc2)O1. The van der Waals surface area contributed by atoms with E-state index in [1.165, 1.54) is 11.1 Å². The van der Waals surface area contributed by atoms with Gasteiger partial charge in [-0.15, -0.1) is 0 Å². The summed E-state index contributed by atoms with van der Waals surface area (Å²) in [4.78, 5) is 0. The van der Waals surface area contributed by atoms with Gasteiger partial charge in [0.25, 0.3) is 0 Å². The zero-order chi connectivity index (χ0) is 33.6. The normalized spacial score (nSPS) is 33.3. The highest BCUT2D eigenvalue weighted by Crippen LogP contribution is 2.43. The van der Waals surface area contributed by atoms with Gasteiger partial charge in [0.05, 0.1) is 43.2 Å². The first-order valence-electron chi connectivity index (χ1n) is 18.0. The van der Waals surface area contributed by atoms with Crippen LogP contribution in [0.5, 0.6) is 0 Å². The molecule has 3 aliphatic heterocycles. The summed E-state index contributed by atoms with van der Waals surface area (Å²) in [6, 6.07) is 10.9. The van der Waals surface area contributed by atoms with Gasteiger partial charge in [0, 0.05) is 19.4 Å². The second kappa shape index (κ2) is 16.2. The Morgan fingerprint density at radius 1 is 1.02 bits per heavy atom. The van der Waals surface area contributed by atoms with Crippen LogP contribution >= 0.6 is 0 Å². The van der Waals surface area contributed by atoms with Crippen LogP contribution in [0.4, 0.5) is 0 Å². The Morgan fingerprint density at radius 3 is 2.41 bits per heavy atom. The van der Waals surface area contributed by atoms with Gasteiger partial charge >= 0.3 is 0 Å². The standard InChI is InChI=1S/C40H64O5Si/c1-27(26-42-46(9,10)40(6,7)8)21-37-31(5)35(24-32-15-12-11-13-16-32)39(45-37)25-38-30(4)28(2)22-34(44-38)18-19-36-29(3)23-33(43-36)17-14-20-41/h11-17,27-28,31,33-39,41H,3-4,18-26H2,1-2,5-10H3/b17-14+/t27-,28+,31+,33?,34-,35+,36?,37+,38?,39-/m0/s1. The van der Waals surface area contributed by atoms with E-state index in [-0.39, 0.29) is 48.3 Å². The van der Waals surface area contributed by atoms with E-state index in [0.717, 1.165) is 57.1 Å². The highest BCUT2D eigenvalue weighted by molar-refractivity contribution is 6.74. The van der Waals surface area contributed by atoms with E-state index < -0.39 is 8.32 Å². The maximum Gasteiger partial charge on any atom is 0.191 e. The van der Waals surface area contributed by atoms with Gasteiger partial charge in [-0.3, -0.25) is 0 Å². The molecule has 4 rings (SSSR count). The lowest BCUT2D eigenvalue weighted by molar-refractivity contribution is -0.0740. The van der Waals surface area contributed by atoms with Gasteiger partial charge in [0.1, 0.15) is 0 Å². The van der Waals surface area contributed by atoms with E-state index in [2.05, 4.69) is 98.1 Å². The summed E-state index contributed by atoms with van der Waals surface area (Å²) >= 11 is 0. The van der Waals surface area contributed by atoms with Crippen LogP contribution in [-0.4, -0.2) is 63.3 Å². The summed E-state index contributed by atoms with van der Waals surface area (Å²) in [7, 11) is -1.79. The lowest BCUT2D eigenvalue weighted by Gasteiger charge is -2.38. The number of rotatable bonds is 14. The first-order chi connectivity index (χ1) is 21.7. The van der Waals surface area contributed by atoms with E-state index in [0.29, 0.717) is 23.7 Å². The maximum atomic E-state index is 9.13. The Hall–Kier alpha value is -1.54. The molecule has 0 bridgehead atoms. The third-order valence-corrected chi connectivity index (χ3v) is 16.0. The van der Waals surface area contributed by atoms with Gasteiger partial charge in [-0.25, -0.2) is 0 Å². The number of benzene rings is 1. The Morgan fingerprint density at radius 2 is 1.74 bits per heavy atom. The monoisotopic (exact) mass is 652 g/mol. The fraction of sp³-hybridized carbons (Fsp3) is 0.700. The highest BCUT2D eigenvalue weighted by Gasteiger charge is 2.45. The summed E-state index contributed by atoms with van der Waals surface area (Å²) in [6.07, 6.45) is 10.8. The van der Waals surface area contributed by atoms with Crippen LogP contribution in [0.3, 0.4) is 0 Å². The average Bonchev–Trinajstić information content (AvgIpc) is 3.49. The topological polar surface area (TPSA) is 57.2 Å². The van der Waals surface area contributed by atoms with Crippen molar-refractivity contribution < 1.29 is 23.7 Å². The molecule has 46 heavy (non-hydrogen) atoms. The number of hydrogen-bond donors (Lipinski definition) is 1. The predicted molar refractivity (Wildman–Crippen MR) is 192 cm³/mol. The van der Waals surface area contributed by atoms with Crippen molar-refractivity contribution in [1.29, 1.82) is 0 Å². The summed E-state index contributed by atoms with van der Waals surface area (Å²) in [5, 5.41) is 9.35. The summed E-state index contributed by atoms with van der Waals surface area (Å²) in [5.41, 5.74) is 3.73. The molecule has 3 aliphatic rings. The van der Waals surface area contributed by atoms with Gasteiger partial charge in [-0.2, -0.15) is 0 Å². The van der Waals surface area contributed by atoms with Gasteiger partial charge < -0.3 is 23.7 Å². The number of aliphatic hydroxyl groups excluding tert-OH is 1. The molecule has 3 saturated heterocycles. The number of aliphatic hydroxyl groups is 1. The minimum Gasteiger partial charge on any atom is -0.417 e. The molecule has 3 unspecified atom stereocenters. The fourth-order valence-corrected chi connectivity index (χ4v) is 8.46. The first kappa shape index (κ1) is 37.3. The van der Waals surface area contributed by atoms with E-state index in [4.69, 9.17) is 23.7 Å². The third kappa shape index (κ3) is 9.76. The second-order valence-electron chi connectivity index (χ2n) is 16.2. The van der Waals surface area contributed by atoms with Crippen molar-refractivity contribution in [3.05, 3.63) is 72.4 Å². The molecule has 3 fully saturated rings. The minimum atomic E-state index is -1.79. The molecule has 1 N–H and O–H groups in total. The highest BCUT2D eigenvalue weighted by atomic mass is 28.4. The van der Waals surface area contributed by atoms with Crippen LogP contribution in [0.15, 0.2) is 66.8 Å². The van der Waals surface area contributed by atoms with Crippen molar-refractivity contribution in [2.24, 2.45) is 23.7 Å². The van der Waals surface area contributed by atoms with E-state index >= 15 is 0 Å². The first-order valence-corrected chi connectivity index (χ1v) is 20.9. The molecule has 1 aromatic carbocycles. The van der Waals surface area contributed by atoms with Crippen molar-refractivity contribution in [3.8, 4) is 0 Å². The molecule has 0 aromatic heterocycles. The molecule has 1 aromatic rings. The Kier molecular flexibility index (Phi) is 13.2. The molecule has 0 spiro atoms.